The predicted molar refractivity (Wildman–Crippen MR) is 47.0 cm³/mol. The molecule has 0 aliphatic heterocycles. The van der Waals surface area contributed by atoms with Gasteiger partial charge in [-0.25, -0.2) is 0 Å². The lowest BCUT2D eigenvalue weighted by Crippen LogP contribution is -1.87. The Morgan fingerprint density at radius 1 is 1.23 bits per heavy atom. The Kier molecular flexibility index (Phi) is 3.99. The van der Waals surface area contributed by atoms with Gasteiger partial charge in [-0.3, -0.25) is 0 Å². The van der Waals surface area contributed by atoms with Gasteiger partial charge < -0.3 is 5.11 Å². The largest absolute Gasteiger partial charge is 0.695 e. The molecule has 1 atom stereocenters. The monoisotopic (exact) mass is 201 g/mol. The van der Waals surface area contributed by atoms with E-state index in [2.05, 4.69) is 4.52 Å². The fourth-order valence-electron chi connectivity index (χ4n) is 0.871. The van der Waals surface area contributed by atoms with E-state index in [9.17, 15) is 4.57 Å². The van der Waals surface area contributed by atoms with Crippen molar-refractivity contribution in [2.45, 2.75) is 13.2 Å². The van der Waals surface area contributed by atoms with Crippen LogP contribution < -0.4 is 0 Å². The Labute approximate surface area is 76.7 Å². The topological polar surface area (TPSA) is 66.8 Å². The molecule has 4 nitrogen and oxygen atoms in total. The first kappa shape index (κ1) is 10.3. The minimum Gasteiger partial charge on any atom is -0.392 e. The second-order valence-corrected chi connectivity index (χ2v) is 3.22. The van der Waals surface area contributed by atoms with Crippen LogP contribution >= 0.6 is 8.25 Å². The predicted octanol–water partition coefficient (Wildman–Crippen LogP) is 1.35. The highest BCUT2D eigenvalue weighted by atomic mass is 31.1. The molecule has 0 aromatic heterocycles. The van der Waals surface area contributed by atoms with Crippen molar-refractivity contribution in [1.82, 2.24) is 0 Å². The van der Waals surface area contributed by atoms with Crippen molar-refractivity contribution >= 4 is 8.25 Å². The van der Waals surface area contributed by atoms with Gasteiger partial charge in [0.2, 0.25) is 0 Å². The van der Waals surface area contributed by atoms with E-state index in [1.807, 2.05) is 0 Å². The van der Waals surface area contributed by atoms with Crippen molar-refractivity contribution in [2.24, 2.45) is 0 Å². The van der Waals surface area contributed by atoms with E-state index in [4.69, 9.17) is 10.00 Å². The molecule has 1 aromatic carbocycles. The Bertz CT molecular complexity index is 283. The van der Waals surface area contributed by atoms with E-state index in [0.29, 0.717) is 0 Å². The molecule has 13 heavy (non-hydrogen) atoms. The summed E-state index contributed by atoms with van der Waals surface area (Å²) in [5.74, 6) is 0. The summed E-state index contributed by atoms with van der Waals surface area (Å²) >= 11 is 0. The second-order valence-electron chi connectivity index (χ2n) is 2.49. The highest BCUT2D eigenvalue weighted by Gasteiger charge is 2.11. The molecule has 0 amide bonds. The Morgan fingerprint density at radius 2 is 1.77 bits per heavy atom. The van der Waals surface area contributed by atoms with Crippen LogP contribution in [0.2, 0.25) is 0 Å². The molecule has 1 aromatic rings. The molecule has 0 heterocycles. The summed E-state index contributed by atoms with van der Waals surface area (Å²) in [4.78, 5) is 8.36. The zero-order valence-electron chi connectivity index (χ0n) is 6.88. The van der Waals surface area contributed by atoms with E-state index in [0.717, 1.165) is 11.1 Å². The summed E-state index contributed by atoms with van der Waals surface area (Å²) in [6, 6.07) is 6.96. The third kappa shape index (κ3) is 3.61. The van der Waals surface area contributed by atoms with Gasteiger partial charge in [0.15, 0.2) is 0 Å². The van der Waals surface area contributed by atoms with Gasteiger partial charge in [0.25, 0.3) is 0 Å². The van der Waals surface area contributed by atoms with Gasteiger partial charge in [-0.1, -0.05) is 24.3 Å². The summed E-state index contributed by atoms with van der Waals surface area (Å²) in [6.07, 6.45) is 0. The van der Waals surface area contributed by atoms with Crippen LogP contribution in [0.25, 0.3) is 0 Å². The molecule has 0 aliphatic rings. The van der Waals surface area contributed by atoms with Crippen LogP contribution in [0.3, 0.4) is 0 Å². The van der Waals surface area contributed by atoms with Crippen molar-refractivity contribution in [3.05, 3.63) is 35.4 Å². The molecule has 0 saturated carbocycles. The Morgan fingerprint density at radius 3 is 2.23 bits per heavy atom. The highest BCUT2D eigenvalue weighted by molar-refractivity contribution is 7.32. The van der Waals surface area contributed by atoms with Crippen LogP contribution in [-0.4, -0.2) is 10.00 Å². The van der Waals surface area contributed by atoms with Crippen molar-refractivity contribution in [2.75, 3.05) is 0 Å². The van der Waals surface area contributed by atoms with E-state index in [1.54, 1.807) is 24.3 Å². The van der Waals surface area contributed by atoms with Gasteiger partial charge in [-0.05, 0) is 11.1 Å². The van der Waals surface area contributed by atoms with Crippen LogP contribution in [0, 0.1) is 0 Å². The number of aliphatic hydroxyl groups is 1. The van der Waals surface area contributed by atoms with Crippen LogP contribution in [0.15, 0.2) is 24.3 Å². The lowest BCUT2D eigenvalue weighted by atomic mass is 10.1. The first-order valence-electron chi connectivity index (χ1n) is 3.70. The summed E-state index contributed by atoms with van der Waals surface area (Å²) in [5.41, 5.74) is 1.60. The van der Waals surface area contributed by atoms with Crippen LogP contribution in [0.5, 0.6) is 0 Å². The highest BCUT2D eigenvalue weighted by Crippen LogP contribution is 2.17. The first-order chi connectivity index (χ1) is 6.22. The molecule has 1 unspecified atom stereocenters. The lowest BCUT2D eigenvalue weighted by molar-refractivity contribution is 0.271. The van der Waals surface area contributed by atoms with E-state index in [-0.39, 0.29) is 13.2 Å². The molecule has 0 radical (unpaired) electrons. The fraction of sp³-hybridized carbons (Fsp3) is 0.250. The number of rotatable bonds is 4. The van der Waals surface area contributed by atoms with Gasteiger partial charge in [-0.15, -0.1) is 9.42 Å². The zero-order chi connectivity index (χ0) is 9.68. The maximum absolute atomic E-state index is 10.2. The van der Waals surface area contributed by atoms with Crippen molar-refractivity contribution in [1.29, 1.82) is 0 Å². The van der Waals surface area contributed by atoms with Gasteiger partial charge in [0.05, 0.1) is 6.61 Å². The first-order valence-corrected chi connectivity index (χ1v) is 4.83. The Balaban J connectivity index is 2.54. The molecule has 5 heteroatoms. The van der Waals surface area contributed by atoms with Gasteiger partial charge >= 0.3 is 8.25 Å². The zero-order valence-corrected chi connectivity index (χ0v) is 7.78. The minimum absolute atomic E-state index is 0.00456. The fourth-order valence-corrected chi connectivity index (χ4v) is 1.13. The smallest absolute Gasteiger partial charge is 0.392 e. The lowest BCUT2D eigenvalue weighted by Gasteiger charge is -1.97. The molecular formula is C8H10O4P+. The number of hydrogen-bond acceptors (Lipinski definition) is 3. The minimum atomic E-state index is -2.53. The van der Waals surface area contributed by atoms with Crippen molar-refractivity contribution in [3.63, 3.8) is 0 Å². The number of hydrogen-bond donors (Lipinski definition) is 2. The molecule has 0 spiro atoms. The van der Waals surface area contributed by atoms with Gasteiger partial charge in [0, 0.05) is 4.57 Å². The third-order valence-electron chi connectivity index (χ3n) is 1.55. The van der Waals surface area contributed by atoms with E-state index < -0.39 is 8.25 Å². The van der Waals surface area contributed by atoms with Crippen LogP contribution in [0.4, 0.5) is 0 Å². The van der Waals surface area contributed by atoms with Crippen LogP contribution in [0.1, 0.15) is 11.1 Å². The quantitative estimate of drug-likeness (QED) is 0.721. The molecule has 0 aliphatic carbocycles. The molecule has 0 saturated heterocycles. The molecular weight excluding hydrogens is 191 g/mol. The third-order valence-corrected chi connectivity index (χ3v) is 1.90. The second kappa shape index (κ2) is 5.04. The van der Waals surface area contributed by atoms with Crippen molar-refractivity contribution in [3.8, 4) is 0 Å². The number of benzene rings is 1. The van der Waals surface area contributed by atoms with Gasteiger partial charge in [0.1, 0.15) is 6.61 Å². The maximum Gasteiger partial charge on any atom is 0.695 e. The standard InChI is InChI=1S/C8H9O4P/c9-5-7-1-3-8(4-2-7)6-12-13(10)11/h1-4,9H,5-6H2/p+1. The SMILES string of the molecule is O=[P+](O)OCc1ccc(CO)cc1. The summed E-state index contributed by atoms with van der Waals surface area (Å²) in [6.45, 7) is 0.104. The average molecular weight is 201 g/mol. The molecule has 1 rings (SSSR count). The van der Waals surface area contributed by atoms with Gasteiger partial charge in [-0.2, -0.15) is 0 Å². The Hall–Kier alpha value is -0.800. The molecule has 2 N–H and O–H groups in total. The average Bonchev–Trinajstić information content (AvgIpc) is 2.15. The van der Waals surface area contributed by atoms with Crippen LogP contribution in [-0.2, 0) is 22.3 Å². The molecule has 0 fully saturated rings. The van der Waals surface area contributed by atoms with E-state index in [1.165, 1.54) is 0 Å². The van der Waals surface area contributed by atoms with E-state index >= 15 is 0 Å². The summed E-state index contributed by atoms with van der Waals surface area (Å²) < 4.78 is 14.7. The van der Waals surface area contributed by atoms with Crippen molar-refractivity contribution < 1.29 is 19.1 Å². The molecule has 0 bridgehead atoms. The summed E-state index contributed by atoms with van der Waals surface area (Å²) in [5, 5.41) is 8.73. The maximum atomic E-state index is 10.2. The summed E-state index contributed by atoms with van der Waals surface area (Å²) in [7, 11) is -2.53. The number of aliphatic hydroxyl groups excluding tert-OH is 1. The molecule has 70 valence electrons. The normalized spacial score (nSPS) is 11.4.